The van der Waals surface area contributed by atoms with Gasteiger partial charge >= 0.3 is 0 Å². The van der Waals surface area contributed by atoms with E-state index in [0.717, 1.165) is 5.56 Å². The van der Waals surface area contributed by atoms with E-state index >= 15 is 0 Å². The smallest absolute Gasteiger partial charge is 0.251 e. The molecule has 0 saturated heterocycles. The highest BCUT2D eigenvalue weighted by molar-refractivity contribution is 7.89. The van der Waals surface area contributed by atoms with Crippen molar-refractivity contribution >= 4 is 15.9 Å². The molecular weight excluding hydrogens is 456 g/mol. The van der Waals surface area contributed by atoms with Gasteiger partial charge in [0.05, 0.1) is 26.9 Å². The molecule has 34 heavy (non-hydrogen) atoms. The topological polar surface area (TPSA) is 94.2 Å². The second kappa shape index (κ2) is 12.1. The second-order valence-corrected chi connectivity index (χ2v) is 10.2. The molecule has 9 heteroatoms. The summed E-state index contributed by atoms with van der Waals surface area (Å²) in [6.07, 6.45) is 0. The number of rotatable bonds is 12. The van der Waals surface area contributed by atoms with Gasteiger partial charge in [-0.05, 0) is 48.7 Å². The summed E-state index contributed by atoms with van der Waals surface area (Å²) in [5.74, 6) is 1.39. The van der Waals surface area contributed by atoms with Gasteiger partial charge in [-0.25, -0.2) is 8.42 Å². The van der Waals surface area contributed by atoms with Crippen molar-refractivity contribution in [3.05, 3.63) is 47.5 Å². The van der Waals surface area contributed by atoms with Gasteiger partial charge in [0, 0.05) is 18.7 Å². The molecule has 0 aliphatic carbocycles. The van der Waals surface area contributed by atoms with Gasteiger partial charge in [-0.15, -0.1) is 0 Å². The number of nitrogens with zero attached hydrogens (tertiary/aromatic N) is 1. The zero-order valence-electron chi connectivity index (χ0n) is 21.0. The van der Waals surface area contributed by atoms with Crippen LogP contribution in [0.5, 0.6) is 17.2 Å². The number of hydrogen-bond acceptors (Lipinski definition) is 6. The van der Waals surface area contributed by atoms with Crippen molar-refractivity contribution in [3.63, 3.8) is 0 Å². The molecule has 0 spiro atoms. The Hall–Kier alpha value is -2.78. The largest absolute Gasteiger partial charge is 0.495 e. The molecule has 1 unspecified atom stereocenters. The summed E-state index contributed by atoms with van der Waals surface area (Å²) >= 11 is 0. The zero-order chi connectivity index (χ0) is 25.5. The molecule has 188 valence electrons. The highest BCUT2D eigenvalue weighted by Gasteiger charge is 2.27. The first kappa shape index (κ1) is 27.5. The Morgan fingerprint density at radius 3 is 2.12 bits per heavy atom. The quantitative estimate of drug-likeness (QED) is 0.476. The monoisotopic (exact) mass is 492 g/mol. The van der Waals surface area contributed by atoms with E-state index in [4.69, 9.17) is 14.2 Å². The van der Waals surface area contributed by atoms with Gasteiger partial charge < -0.3 is 19.5 Å². The average Bonchev–Trinajstić information content (AvgIpc) is 2.82. The first-order valence-electron chi connectivity index (χ1n) is 11.4. The predicted molar refractivity (Wildman–Crippen MR) is 132 cm³/mol. The van der Waals surface area contributed by atoms with Gasteiger partial charge in [0.15, 0.2) is 11.5 Å². The summed E-state index contributed by atoms with van der Waals surface area (Å²) in [4.78, 5) is 13.0. The van der Waals surface area contributed by atoms with Crippen molar-refractivity contribution < 1.29 is 27.4 Å². The van der Waals surface area contributed by atoms with Gasteiger partial charge in [0.2, 0.25) is 10.0 Å². The van der Waals surface area contributed by atoms with Crippen LogP contribution in [0.15, 0.2) is 41.3 Å². The Morgan fingerprint density at radius 2 is 1.56 bits per heavy atom. The lowest BCUT2D eigenvalue weighted by Crippen LogP contribution is -2.31. The molecule has 1 atom stereocenters. The van der Waals surface area contributed by atoms with Crippen LogP contribution in [0.4, 0.5) is 0 Å². The summed E-state index contributed by atoms with van der Waals surface area (Å²) in [6, 6.07) is 9.56. The number of methoxy groups -OCH3 is 2. The Bertz CT molecular complexity index is 1080. The Morgan fingerprint density at radius 1 is 0.941 bits per heavy atom. The fourth-order valence-corrected chi connectivity index (χ4v) is 5.05. The molecule has 1 N–H and O–H groups in total. The van der Waals surface area contributed by atoms with Crippen LogP contribution in [0.25, 0.3) is 0 Å². The number of nitrogens with one attached hydrogen (secondary N) is 1. The minimum absolute atomic E-state index is 0.0349. The van der Waals surface area contributed by atoms with Crippen LogP contribution < -0.4 is 19.5 Å². The van der Waals surface area contributed by atoms with Gasteiger partial charge in [-0.3, -0.25) is 4.79 Å². The highest BCUT2D eigenvalue weighted by atomic mass is 32.2. The average molecular weight is 493 g/mol. The van der Waals surface area contributed by atoms with Crippen LogP contribution >= 0.6 is 0 Å². The number of hydrogen-bond donors (Lipinski definition) is 1. The van der Waals surface area contributed by atoms with Gasteiger partial charge in [-0.2, -0.15) is 4.31 Å². The lowest BCUT2D eigenvalue weighted by atomic mass is 10.1. The van der Waals surface area contributed by atoms with Crippen molar-refractivity contribution in [2.24, 2.45) is 5.92 Å². The Balaban J connectivity index is 2.28. The van der Waals surface area contributed by atoms with Crippen LogP contribution in [0.3, 0.4) is 0 Å². The molecule has 2 aromatic rings. The summed E-state index contributed by atoms with van der Waals surface area (Å²) in [7, 11) is -0.836. The molecule has 1 amide bonds. The van der Waals surface area contributed by atoms with Crippen LogP contribution in [-0.2, 0) is 10.0 Å². The summed E-state index contributed by atoms with van der Waals surface area (Å²) in [5, 5.41) is 2.92. The van der Waals surface area contributed by atoms with Crippen LogP contribution in [0.1, 0.15) is 56.6 Å². The maximum atomic E-state index is 13.1. The third kappa shape index (κ3) is 6.42. The third-order valence-corrected chi connectivity index (χ3v) is 7.43. The van der Waals surface area contributed by atoms with E-state index in [0.29, 0.717) is 37.1 Å². The molecule has 0 fully saturated rings. The van der Waals surface area contributed by atoms with Crippen molar-refractivity contribution in [2.75, 3.05) is 33.9 Å². The lowest BCUT2D eigenvalue weighted by Gasteiger charge is -2.21. The fraction of sp³-hybridized carbons (Fsp3) is 0.480. The van der Waals surface area contributed by atoms with E-state index in [1.165, 1.54) is 23.5 Å². The number of benzene rings is 2. The summed E-state index contributed by atoms with van der Waals surface area (Å²) in [5.41, 5.74) is 1.05. The van der Waals surface area contributed by atoms with Crippen LogP contribution in [-0.4, -0.2) is 52.5 Å². The molecule has 2 aromatic carbocycles. The number of ether oxygens (including phenoxy) is 3. The molecule has 0 radical (unpaired) electrons. The Kier molecular flexibility index (Phi) is 9.76. The lowest BCUT2D eigenvalue weighted by molar-refractivity contribution is 0.0939. The predicted octanol–water partition coefficient (Wildman–Crippen LogP) is 4.26. The SMILES string of the molecule is CCN(CC)S(=O)(=O)c1cc(C(=O)NC(C)c2ccc(OCC(C)C)c(OC)c2)ccc1OC. The third-order valence-electron chi connectivity index (χ3n) is 5.36. The van der Waals surface area contributed by atoms with Crippen LogP contribution in [0, 0.1) is 5.92 Å². The summed E-state index contributed by atoms with van der Waals surface area (Å²) < 4.78 is 44.0. The van der Waals surface area contributed by atoms with E-state index in [-0.39, 0.29) is 22.3 Å². The van der Waals surface area contributed by atoms with Gasteiger partial charge in [0.25, 0.3) is 5.91 Å². The number of carbonyl (C=O) groups is 1. The molecular formula is C25H36N2O6S. The molecule has 0 aliphatic rings. The normalized spacial score (nSPS) is 12.5. The molecule has 0 bridgehead atoms. The second-order valence-electron chi connectivity index (χ2n) is 8.27. The van der Waals surface area contributed by atoms with Crippen molar-refractivity contribution in [1.29, 1.82) is 0 Å². The molecule has 2 rings (SSSR count). The van der Waals surface area contributed by atoms with Crippen molar-refractivity contribution in [1.82, 2.24) is 9.62 Å². The minimum atomic E-state index is -3.81. The van der Waals surface area contributed by atoms with E-state index < -0.39 is 15.9 Å². The standard InChI is InChI=1S/C25H36N2O6S/c1-8-27(9-2)34(29,30)24-15-20(11-13-22(24)31-6)25(28)26-18(5)19-10-12-21(23(14-19)32-7)33-16-17(3)4/h10-15,17-18H,8-9,16H2,1-7H3,(H,26,28). The van der Waals surface area contributed by atoms with Crippen LogP contribution in [0.2, 0.25) is 0 Å². The first-order valence-corrected chi connectivity index (χ1v) is 12.8. The number of sulfonamides is 1. The Labute approximate surface area is 203 Å². The number of amides is 1. The summed E-state index contributed by atoms with van der Waals surface area (Å²) in [6.45, 7) is 10.7. The van der Waals surface area contributed by atoms with Gasteiger partial charge in [0.1, 0.15) is 10.6 Å². The minimum Gasteiger partial charge on any atom is -0.495 e. The van der Waals surface area contributed by atoms with E-state index in [2.05, 4.69) is 19.2 Å². The molecule has 0 heterocycles. The molecule has 0 aromatic heterocycles. The maximum absolute atomic E-state index is 13.1. The van der Waals surface area contributed by atoms with Gasteiger partial charge in [-0.1, -0.05) is 33.8 Å². The molecule has 0 saturated carbocycles. The van der Waals surface area contributed by atoms with Crippen molar-refractivity contribution in [2.45, 2.75) is 45.6 Å². The molecule has 0 aliphatic heterocycles. The van der Waals surface area contributed by atoms with E-state index in [9.17, 15) is 13.2 Å². The number of carbonyl (C=O) groups excluding carboxylic acids is 1. The highest BCUT2D eigenvalue weighted by Crippen LogP contribution is 2.31. The first-order chi connectivity index (χ1) is 16.1. The maximum Gasteiger partial charge on any atom is 0.251 e. The zero-order valence-corrected chi connectivity index (χ0v) is 21.9. The van der Waals surface area contributed by atoms with E-state index in [1.807, 2.05) is 25.1 Å². The fourth-order valence-electron chi connectivity index (χ4n) is 3.41. The van der Waals surface area contributed by atoms with E-state index in [1.54, 1.807) is 27.0 Å². The van der Waals surface area contributed by atoms with Crippen molar-refractivity contribution in [3.8, 4) is 17.2 Å². The molecule has 8 nitrogen and oxygen atoms in total.